The van der Waals surface area contributed by atoms with E-state index in [4.69, 9.17) is 5.73 Å². The van der Waals surface area contributed by atoms with Gasteiger partial charge in [0.05, 0.1) is 0 Å². The Morgan fingerprint density at radius 3 is 2.38 bits per heavy atom. The number of carbonyl (C=O) groups excluding carboxylic acids is 1. The Bertz CT molecular complexity index is 163. The summed E-state index contributed by atoms with van der Waals surface area (Å²) in [6, 6.07) is 0. The normalized spacial score (nSPS) is 11.8. The monoisotopic (exact) mass is 188 g/mol. The number of nitrogens with zero attached hydrogens (tertiary/aromatic N) is 1. The molecule has 2 N–H and O–H groups in total. The number of ether oxygens (including phenoxy) is 1. The molecule has 0 aliphatic heterocycles. The quantitative estimate of drug-likeness (QED) is 0.717. The van der Waals surface area contributed by atoms with E-state index < -0.39 is 6.09 Å². The molecule has 0 bridgehead atoms. The van der Waals surface area contributed by atoms with Crippen LogP contribution in [0, 0.1) is 5.41 Å². The highest BCUT2D eigenvalue weighted by Crippen LogP contribution is 2.13. The van der Waals surface area contributed by atoms with Crippen molar-refractivity contribution in [2.75, 3.05) is 26.7 Å². The number of rotatable bonds is 4. The molecule has 0 saturated carbocycles. The van der Waals surface area contributed by atoms with E-state index in [1.165, 1.54) is 0 Å². The lowest BCUT2D eigenvalue weighted by Crippen LogP contribution is -2.32. The van der Waals surface area contributed by atoms with Crippen LogP contribution in [0.2, 0.25) is 0 Å². The lowest BCUT2D eigenvalue weighted by molar-refractivity contribution is 0.132. The molecule has 0 saturated heterocycles. The summed E-state index contributed by atoms with van der Waals surface area (Å²) in [5.74, 6) is 0. The van der Waals surface area contributed by atoms with Crippen LogP contribution in [0.4, 0.5) is 4.79 Å². The molecule has 0 unspecified atom stereocenters. The molecule has 4 nitrogen and oxygen atoms in total. The standard InChI is InChI=1S/C9H20N2O2/c1-9(2,3)7-11(4)5-6-13-8(10)12/h5-7H2,1-4H3,(H2,10,12). The summed E-state index contributed by atoms with van der Waals surface area (Å²) in [4.78, 5) is 12.4. The third-order valence-corrected chi connectivity index (χ3v) is 1.46. The van der Waals surface area contributed by atoms with E-state index in [2.05, 4.69) is 30.4 Å². The minimum absolute atomic E-state index is 0.265. The van der Waals surface area contributed by atoms with E-state index in [1.807, 2.05) is 7.05 Å². The SMILES string of the molecule is CN(CCOC(N)=O)CC(C)(C)C. The van der Waals surface area contributed by atoms with Gasteiger partial charge < -0.3 is 15.4 Å². The summed E-state index contributed by atoms with van der Waals surface area (Å²) < 4.78 is 4.62. The summed E-state index contributed by atoms with van der Waals surface area (Å²) in [7, 11) is 2.00. The Hall–Kier alpha value is -0.770. The van der Waals surface area contributed by atoms with Crippen LogP contribution in [-0.4, -0.2) is 37.7 Å². The van der Waals surface area contributed by atoms with Crippen LogP contribution in [0.5, 0.6) is 0 Å². The van der Waals surface area contributed by atoms with Crippen LogP contribution in [-0.2, 0) is 4.74 Å². The molecule has 0 aromatic heterocycles. The zero-order valence-corrected chi connectivity index (χ0v) is 8.96. The summed E-state index contributed by atoms with van der Waals surface area (Å²) >= 11 is 0. The van der Waals surface area contributed by atoms with E-state index >= 15 is 0 Å². The van der Waals surface area contributed by atoms with Crippen molar-refractivity contribution >= 4 is 6.09 Å². The summed E-state index contributed by atoms with van der Waals surface area (Å²) in [6.45, 7) is 8.55. The molecular weight excluding hydrogens is 168 g/mol. The Morgan fingerprint density at radius 2 is 2.00 bits per heavy atom. The van der Waals surface area contributed by atoms with Gasteiger partial charge in [0.1, 0.15) is 6.61 Å². The zero-order valence-electron chi connectivity index (χ0n) is 8.96. The van der Waals surface area contributed by atoms with E-state index in [-0.39, 0.29) is 5.41 Å². The molecule has 4 heteroatoms. The summed E-state index contributed by atoms with van der Waals surface area (Å²) in [5.41, 5.74) is 5.09. The van der Waals surface area contributed by atoms with Gasteiger partial charge in [-0.2, -0.15) is 0 Å². The third kappa shape index (κ3) is 9.14. The molecule has 0 fully saturated rings. The van der Waals surface area contributed by atoms with Crippen molar-refractivity contribution in [1.29, 1.82) is 0 Å². The minimum atomic E-state index is -0.704. The van der Waals surface area contributed by atoms with Gasteiger partial charge in [0.15, 0.2) is 0 Å². The lowest BCUT2D eigenvalue weighted by Gasteiger charge is -2.26. The van der Waals surface area contributed by atoms with Gasteiger partial charge in [-0.15, -0.1) is 0 Å². The van der Waals surface area contributed by atoms with Gasteiger partial charge in [0, 0.05) is 13.1 Å². The second-order valence-corrected chi connectivity index (χ2v) is 4.47. The van der Waals surface area contributed by atoms with Crippen molar-refractivity contribution in [3.05, 3.63) is 0 Å². The van der Waals surface area contributed by atoms with Gasteiger partial charge in [-0.1, -0.05) is 20.8 Å². The smallest absolute Gasteiger partial charge is 0.404 e. The van der Waals surface area contributed by atoms with E-state index in [1.54, 1.807) is 0 Å². The maximum atomic E-state index is 10.2. The molecule has 0 aromatic rings. The van der Waals surface area contributed by atoms with Gasteiger partial charge in [-0.3, -0.25) is 0 Å². The highest BCUT2D eigenvalue weighted by Gasteiger charge is 2.13. The first-order chi connectivity index (χ1) is 5.81. The Kier molecular flexibility index (Phi) is 4.77. The fraction of sp³-hybridized carbons (Fsp3) is 0.889. The molecule has 0 radical (unpaired) electrons. The maximum Gasteiger partial charge on any atom is 0.404 e. The maximum absolute atomic E-state index is 10.2. The topological polar surface area (TPSA) is 55.6 Å². The van der Waals surface area contributed by atoms with Gasteiger partial charge in [0.2, 0.25) is 0 Å². The first-order valence-electron chi connectivity index (χ1n) is 4.42. The molecule has 0 aliphatic rings. The second-order valence-electron chi connectivity index (χ2n) is 4.47. The number of hydrogen-bond acceptors (Lipinski definition) is 3. The van der Waals surface area contributed by atoms with Crippen molar-refractivity contribution in [3.63, 3.8) is 0 Å². The number of hydrogen-bond donors (Lipinski definition) is 1. The third-order valence-electron chi connectivity index (χ3n) is 1.46. The predicted octanol–water partition coefficient (Wildman–Crippen LogP) is 1.06. The van der Waals surface area contributed by atoms with Crippen molar-refractivity contribution in [1.82, 2.24) is 4.90 Å². The van der Waals surface area contributed by atoms with Crippen LogP contribution in [0.1, 0.15) is 20.8 Å². The van der Waals surface area contributed by atoms with Crippen LogP contribution < -0.4 is 5.73 Å². The van der Waals surface area contributed by atoms with Gasteiger partial charge >= 0.3 is 6.09 Å². The average Bonchev–Trinajstić information content (AvgIpc) is 1.81. The van der Waals surface area contributed by atoms with Crippen molar-refractivity contribution in [3.8, 4) is 0 Å². The Balaban J connectivity index is 3.52. The summed E-state index contributed by atoms with van der Waals surface area (Å²) in [6.07, 6.45) is -0.704. The second kappa shape index (κ2) is 5.07. The first-order valence-corrected chi connectivity index (χ1v) is 4.42. The highest BCUT2D eigenvalue weighted by molar-refractivity contribution is 5.64. The number of primary amides is 1. The van der Waals surface area contributed by atoms with Crippen molar-refractivity contribution in [2.24, 2.45) is 11.1 Å². The van der Waals surface area contributed by atoms with E-state index in [9.17, 15) is 4.79 Å². The van der Waals surface area contributed by atoms with Gasteiger partial charge in [-0.05, 0) is 12.5 Å². The first kappa shape index (κ1) is 12.2. The van der Waals surface area contributed by atoms with Crippen LogP contribution in [0.3, 0.4) is 0 Å². The largest absolute Gasteiger partial charge is 0.448 e. The molecule has 0 atom stereocenters. The Labute approximate surface area is 80.0 Å². The minimum Gasteiger partial charge on any atom is -0.448 e. The predicted molar refractivity (Wildman–Crippen MR) is 52.5 cm³/mol. The Morgan fingerprint density at radius 1 is 1.46 bits per heavy atom. The average molecular weight is 188 g/mol. The number of nitrogens with two attached hydrogens (primary N) is 1. The molecule has 78 valence electrons. The van der Waals surface area contributed by atoms with Crippen molar-refractivity contribution in [2.45, 2.75) is 20.8 Å². The molecule has 0 aromatic carbocycles. The zero-order chi connectivity index (χ0) is 10.5. The number of amides is 1. The van der Waals surface area contributed by atoms with E-state index in [0.29, 0.717) is 6.61 Å². The van der Waals surface area contributed by atoms with Crippen molar-refractivity contribution < 1.29 is 9.53 Å². The van der Waals surface area contributed by atoms with Crippen LogP contribution in [0.15, 0.2) is 0 Å². The molecule has 0 rings (SSSR count). The molecule has 13 heavy (non-hydrogen) atoms. The van der Waals surface area contributed by atoms with E-state index in [0.717, 1.165) is 13.1 Å². The number of likely N-dealkylation sites (N-methyl/N-ethyl adjacent to an activating group) is 1. The number of carbonyl (C=O) groups is 1. The molecule has 1 amide bonds. The fourth-order valence-electron chi connectivity index (χ4n) is 1.19. The molecule has 0 heterocycles. The van der Waals surface area contributed by atoms with Crippen LogP contribution in [0.25, 0.3) is 0 Å². The highest BCUT2D eigenvalue weighted by atomic mass is 16.5. The fourth-order valence-corrected chi connectivity index (χ4v) is 1.19. The molecule has 0 aliphatic carbocycles. The van der Waals surface area contributed by atoms with Gasteiger partial charge in [-0.25, -0.2) is 4.79 Å². The lowest BCUT2D eigenvalue weighted by atomic mass is 9.96. The molecule has 0 spiro atoms. The van der Waals surface area contributed by atoms with Gasteiger partial charge in [0.25, 0.3) is 0 Å². The van der Waals surface area contributed by atoms with Crippen LogP contribution >= 0.6 is 0 Å². The molecular formula is C9H20N2O2. The summed E-state index contributed by atoms with van der Waals surface area (Å²) in [5, 5.41) is 0.